The molecule has 1 aromatic heterocycles. The summed E-state index contributed by atoms with van der Waals surface area (Å²) in [5, 5.41) is 0.759. The highest BCUT2D eigenvalue weighted by Crippen LogP contribution is 2.29. The number of hydrogen-bond acceptors (Lipinski definition) is 4. The molecule has 0 aliphatic heterocycles. The van der Waals surface area contributed by atoms with Gasteiger partial charge in [-0.25, -0.2) is 10.8 Å². The average Bonchev–Trinajstić information content (AvgIpc) is 2.72. The monoisotopic (exact) mass is 247 g/mol. The van der Waals surface area contributed by atoms with Gasteiger partial charge >= 0.3 is 0 Å². The Hall–Kier alpha value is -1.39. The number of nitrogens with two attached hydrogens (primary N) is 1. The Bertz CT molecular complexity index is 488. The van der Waals surface area contributed by atoms with Crippen LogP contribution in [-0.2, 0) is 6.42 Å². The van der Waals surface area contributed by atoms with E-state index >= 15 is 0 Å². The van der Waals surface area contributed by atoms with E-state index in [0.717, 1.165) is 22.8 Å². The van der Waals surface area contributed by atoms with Crippen molar-refractivity contribution in [2.24, 2.45) is 5.84 Å². The zero-order valence-electron chi connectivity index (χ0n) is 10.2. The van der Waals surface area contributed by atoms with Crippen molar-refractivity contribution < 1.29 is 0 Å². The van der Waals surface area contributed by atoms with Crippen molar-refractivity contribution in [1.29, 1.82) is 0 Å². The van der Waals surface area contributed by atoms with Gasteiger partial charge in [0.05, 0.1) is 5.69 Å². The van der Waals surface area contributed by atoms with E-state index in [1.165, 1.54) is 16.9 Å². The lowest BCUT2D eigenvalue weighted by molar-refractivity contribution is 0.922. The Morgan fingerprint density at radius 1 is 1.29 bits per heavy atom. The fourth-order valence-electron chi connectivity index (χ4n) is 1.84. The molecule has 0 aliphatic carbocycles. The second kappa shape index (κ2) is 5.29. The van der Waals surface area contributed by atoms with Gasteiger partial charge in [0.15, 0.2) is 5.13 Å². The van der Waals surface area contributed by atoms with Crippen LogP contribution in [0, 0.1) is 6.92 Å². The molecule has 0 radical (unpaired) electrons. The minimum Gasteiger partial charge on any atom is -0.300 e. The topological polar surface area (TPSA) is 50.9 Å². The molecule has 0 fully saturated rings. The van der Waals surface area contributed by atoms with Crippen LogP contribution in [0.4, 0.5) is 5.13 Å². The molecule has 0 saturated heterocycles. The van der Waals surface area contributed by atoms with Crippen molar-refractivity contribution in [1.82, 2.24) is 4.98 Å². The van der Waals surface area contributed by atoms with Crippen LogP contribution < -0.4 is 11.3 Å². The molecular formula is C13H17N3S. The summed E-state index contributed by atoms with van der Waals surface area (Å²) in [7, 11) is 0. The molecule has 0 atom stereocenters. The second-order valence-corrected chi connectivity index (χ2v) is 5.22. The summed E-state index contributed by atoms with van der Waals surface area (Å²) in [6, 6.07) is 8.61. The molecule has 2 rings (SSSR count). The zero-order valence-corrected chi connectivity index (χ0v) is 11.0. The number of nitrogens with one attached hydrogen (secondary N) is 1. The highest BCUT2D eigenvalue weighted by Gasteiger charge is 2.08. The quantitative estimate of drug-likeness (QED) is 0.643. The van der Waals surface area contributed by atoms with Crippen LogP contribution in [0.5, 0.6) is 0 Å². The summed E-state index contributed by atoms with van der Waals surface area (Å²) in [4.78, 5) is 5.64. The van der Waals surface area contributed by atoms with Crippen molar-refractivity contribution >= 4 is 16.5 Å². The lowest BCUT2D eigenvalue weighted by Crippen LogP contribution is -2.05. The molecule has 0 saturated carbocycles. The van der Waals surface area contributed by atoms with E-state index in [0.29, 0.717) is 0 Å². The Balaban J connectivity index is 2.29. The maximum absolute atomic E-state index is 5.37. The van der Waals surface area contributed by atoms with Crippen LogP contribution >= 0.6 is 11.3 Å². The molecule has 3 nitrogen and oxygen atoms in total. The summed E-state index contributed by atoms with van der Waals surface area (Å²) in [6.07, 6.45) is 2.31. The Morgan fingerprint density at radius 3 is 2.53 bits per heavy atom. The summed E-state index contributed by atoms with van der Waals surface area (Å²) in [6.45, 7) is 4.26. The first-order chi connectivity index (χ1) is 8.24. The molecule has 90 valence electrons. The van der Waals surface area contributed by atoms with Crippen LogP contribution in [-0.4, -0.2) is 4.98 Å². The number of hydrogen-bond donors (Lipinski definition) is 2. The lowest BCUT2D eigenvalue weighted by atomic mass is 10.1. The first kappa shape index (κ1) is 12.1. The number of nitrogens with zero attached hydrogens (tertiary/aromatic N) is 1. The second-order valence-electron chi connectivity index (χ2n) is 4.02. The van der Waals surface area contributed by atoms with Crippen molar-refractivity contribution in [2.75, 3.05) is 5.43 Å². The Kier molecular flexibility index (Phi) is 3.76. The van der Waals surface area contributed by atoms with Crippen LogP contribution in [0.3, 0.4) is 0 Å². The van der Waals surface area contributed by atoms with Gasteiger partial charge in [0.2, 0.25) is 0 Å². The minimum atomic E-state index is 0.759. The summed E-state index contributed by atoms with van der Waals surface area (Å²) in [5.74, 6) is 5.37. The van der Waals surface area contributed by atoms with Gasteiger partial charge in [-0.3, -0.25) is 5.43 Å². The van der Waals surface area contributed by atoms with E-state index < -0.39 is 0 Å². The number of rotatable bonds is 4. The number of aromatic nitrogens is 1. The fraction of sp³-hybridized carbons (Fsp3) is 0.308. The molecule has 3 N–H and O–H groups in total. The molecular weight excluding hydrogens is 230 g/mol. The SMILES string of the molecule is CCCc1ccc(-c2nc(NN)sc2C)cc1. The smallest absolute Gasteiger partial charge is 0.197 e. The van der Waals surface area contributed by atoms with Crippen molar-refractivity contribution in [3.63, 3.8) is 0 Å². The predicted octanol–water partition coefficient (Wildman–Crippen LogP) is 3.36. The van der Waals surface area contributed by atoms with E-state index in [9.17, 15) is 0 Å². The maximum Gasteiger partial charge on any atom is 0.197 e. The number of aryl methyl sites for hydroxylation is 2. The van der Waals surface area contributed by atoms with Gasteiger partial charge in [-0.1, -0.05) is 37.6 Å². The first-order valence-corrected chi connectivity index (χ1v) is 6.59. The zero-order chi connectivity index (χ0) is 12.3. The third-order valence-electron chi connectivity index (χ3n) is 2.69. The molecule has 1 heterocycles. The fourth-order valence-corrected chi connectivity index (χ4v) is 2.59. The average molecular weight is 247 g/mol. The Labute approximate surface area is 106 Å². The van der Waals surface area contributed by atoms with E-state index in [1.807, 2.05) is 0 Å². The largest absolute Gasteiger partial charge is 0.300 e. The van der Waals surface area contributed by atoms with Gasteiger partial charge in [0.1, 0.15) is 0 Å². The standard InChI is InChI=1S/C13H17N3S/c1-3-4-10-5-7-11(8-6-10)12-9(2)17-13(15-12)16-14/h5-8H,3-4,14H2,1-2H3,(H,15,16). The summed E-state index contributed by atoms with van der Waals surface area (Å²) < 4.78 is 0. The molecule has 0 bridgehead atoms. The van der Waals surface area contributed by atoms with E-state index in [-0.39, 0.29) is 0 Å². The van der Waals surface area contributed by atoms with Gasteiger partial charge < -0.3 is 0 Å². The molecule has 1 aromatic carbocycles. The molecule has 4 heteroatoms. The molecule has 0 spiro atoms. The molecule has 0 unspecified atom stereocenters. The minimum absolute atomic E-state index is 0.759. The van der Waals surface area contributed by atoms with Gasteiger partial charge in [0.25, 0.3) is 0 Å². The Morgan fingerprint density at radius 2 is 2.00 bits per heavy atom. The van der Waals surface area contributed by atoms with Crippen LogP contribution in [0.1, 0.15) is 23.8 Å². The molecule has 2 aromatic rings. The number of benzene rings is 1. The third kappa shape index (κ3) is 2.65. The number of thiazole rings is 1. The number of hydrazine groups is 1. The van der Waals surface area contributed by atoms with E-state index in [1.54, 1.807) is 11.3 Å². The van der Waals surface area contributed by atoms with Crippen molar-refractivity contribution in [2.45, 2.75) is 26.7 Å². The molecule has 0 aliphatic rings. The van der Waals surface area contributed by atoms with Crippen LogP contribution in [0.25, 0.3) is 11.3 Å². The lowest BCUT2D eigenvalue weighted by Gasteiger charge is -2.01. The third-order valence-corrected chi connectivity index (χ3v) is 3.59. The van der Waals surface area contributed by atoms with Crippen LogP contribution in [0.15, 0.2) is 24.3 Å². The maximum atomic E-state index is 5.37. The summed E-state index contributed by atoms with van der Waals surface area (Å²) in [5.41, 5.74) is 6.15. The highest BCUT2D eigenvalue weighted by molar-refractivity contribution is 7.15. The van der Waals surface area contributed by atoms with E-state index in [4.69, 9.17) is 5.84 Å². The van der Waals surface area contributed by atoms with Crippen molar-refractivity contribution in [3.8, 4) is 11.3 Å². The normalized spacial score (nSPS) is 10.5. The van der Waals surface area contributed by atoms with E-state index in [2.05, 4.69) is 48.5 Å². The molecule has 17 heavy (non-hydrogen) atoms. The van der Waals surface area contributed by atoms with Crippen molar-refractivity contribution in [3.05, 3.63) is 34.7 Å². The first-order valence-electron chi connectivity index (χ1n) is 5.78. The predicted molar refractivity (Wildman–Crippen MR) is 74.1 cm³/mol. The number of nitrogen functional groups attached to an aromatic ring is 1. The van der Waals surface area contributed by atoms with Gasteiger partial charge in [-0.15, -0.1) is 11.3 Å². The van der Waals surface area contributed by atoms with Crippen LogP contribution in [0.2, 0.25) is 0 Å². The summed E-state index contributed by atoms with van der Waals surface area (Å²) >= 11 is 1.58. The number of anilines is 1. The van der Waals surface area contributed by atoms with Gasteiger partial charge in [-0.2, -0.15) is 0 Å². The molecule has 0 amide bonds. The van der Waals surface area contributed by atoms with Gasteiger partial charge in [0, 0.05) is 10.4 Å². The highest BCUT2D eigenvalue weighted by atomic mass is 32.1. The van der Waals surface area contributed by atoms with Gasteiger partial charge in [-0.05, 0) is 18.9 Å².